The van der Waals surface area contributed by atoms with Crippen LogP contribution in [0.15, 0.2) is 24.5 Å². The molecule has 0 atom stereocenters. The molecule has 1 aromatic heterocycles. The van der Waals surface area contributed by atoms with Gasteiger partial charge in [-0.05, 0) is 18.2 Å². The summed E-state index contributed by atoms with van der Waals surface area (Å²) in [6.45, 7) is 1.29. The van der Waals surface area contributed by atoms with Crippen molar-refractivity contribution in [1.82, 2.24) is 9.97 Å². The van der Waals surface area contributed by atoms with Gasteiger partial charge in [0.2, 0.25) is 0 Å². The Hall–Kier alpha value is -2.21. The Bertz CT molecular complexity index is 601. The fraction of sp³-hybridized carbons (Fsp3) is 0.308. The molecule has 2 rings (SSSR count). The maximum absolute atomic E-state index is 10.9. The van der Waals surface area contributed by atoms with Gasteiger partial charge in [-0.1, -0.05) is 0 Å². The molecule has 2 aromatic rings. The Balaban J connectivity index is 2.43. The summed E-state index contributed by atoms with van der Waals surface area (Å²) >= 11 is 0. The summed E-state index contributed by atoms with van der Waals surface area (Å²) in [6.07, 6.45) is 1.44. The molecule has 0 aliphatic heterocycles. The summed E-state index contributed by atoms with van der Waals surface area (Å²) in [5.41, 5.74) is 0.839. The fourth-order valence-corrected chi connectivity index (χ4v) is 1.81. The first-order valence-corrected chi connectivity index (χ1v) is 5.81. The van der Waals surface area contributed by atoms with Gasteiger partial charge >= 0.3 is 5.97 Å². The molecule has 1 heterocycles. The number of carboxylic acid groups (broad SMARTS) is 1. The van der Waals surface area contributed by atoms with Gasteiger partial charge in [0.05, 0.1) is 17.7 Å². The van der Waals surface area contributed by atoms with E-state index in [4.69, 9.17) is 9.84 Å². The van der Waals surface area contributed by atoms with Gasteiger partial charge < -0.3 is 14.7 Å². The molecule has 6 nitrogen and oxygen atoms in total. The van der Waals surface area contributed by atoms with Gasteiger partial charge in [0.25, 0.3) is 0 Å². The molecule has 0 unspecified atom stereocenters. The highest BCUT2D eigenvalue weighted by Gasteiger charge is 2.10. The van der Waals surface area contributed by atoms with Crippen LogP contribution < -0.4 is 4.90 Å². The zero-order valence-corrected chi connectivity index (χ0v) is 10.8. The van der Waals surface area contributed by atoms with Crippen molar-refractivity contribution in [2.45, 2.75) is 0 Å². The number of likely N-dealkylation sites (N-methyl/N-ethyl adjacent to an activating group) is 1. The molecule has 0 aliphatic rings. The molecule has 0 saturated heterocycles. The second-order valence-corrected chi connectivity index (χ2v) is 4.15. The van der Waals surface area contributed by atoms with Gasteiger partial charge in [-0.25, -0.2) is 14.8 Å². The van der Waals surface area contributed by atoms with Crippen LogP contribution in [0.3, 0.4) is 0 Å². The molecule has 100 valence electrons. The van der Waals surface area contributed by atoms with Crippen molar-refractivity contribution in [3.8, 4) is 0 Å². The second kappa shape index (κ2) is 5.62. The SMILES string of the molecule is COCCN(C)c1ncnc2cc(C(=O)O)ccc12. The predicted molar refractivity (Wildman–Crippen MR) is 71.6 cm³/mol. The van der Waals surface area contributed by atoms with Crippen LogP contribution in [-0.4, -0.2) is 48.4 Å². The zero-order valence-electron chi connectivity index (χ0n) is 10.8. The summed E-state index contributed by atoms with van der Waals surface area (Å²) in [5.74, 6) is -0.200. The van der Waals surface area contributed by atoms with Gasteiger partial charge in [0, 0.05) is 26.1 Å². The molecule has 0 radical (unpaired) electrons. The minimum Gasteiger partial charge on any atom is -0.478 e. The number of hydrogen-bond acceptors (Lipinski definition) is 5. The molecule has 0 amide bonds. The lowest BCUT2D eigenvalue weighted by Gasteiger charge is -2.19. The summed E-state index contributed by atoms with van der Waals surface area (Å²) in [6, 6.07) is 4.84. The van der Waals surface area contributed by atoms with E-state index in [1.54, 1.807) is 25.3 Å². The molecule has 0 spiro atoms. The van der Waals surface area contributed by atoms with E-state index < -0.39 is 5.97 Å². The average Bonchev–Trinajstić information content (AvgIpc) is 2.43. The Labute approximate surface area is 110 Å². The van der Waals surface area contributed by atoms with Crippen LogP contribution in [0, 0.1) is 0 Å². The largest absolute Gasteiger partial charge is 0.478 e. The van der Waals surface area contributed by atoms with Crippen molar-refractivity contribution in [3.63, 3.8) is 0 Å². The van der Waals surface area contributed by atoms with Crippen LogP contribution in [0.2, 0.25) is 0 Å². The average molecular weight is 261 g/mol. The number of anilines is 1. The summed E-state index contributed by atoms with van der Waals surface area (Å²) < 4.78 is 5.03. The number of rotatable bonds is 5. The van der Waals surface area contributed by atoms with Crippen molar-refractivity contribution < 1.29 is 14.6 Å². The van der Waals surface area contributed by atoms with Crippen LogP contribution in [0.1, 0.15) is 10.4 Å². The number of carbonyl (C=O) groups is 1. The van der Waals surface area contributed by atoms with E-state index in [2.05, 4.69) is 9.97 Å². The molecule has 1 N–H and O–H groups in total. The molecule has 19 heavy (non-hydrogen) atoms. The number of hydrogen-bond donors (Lipinski definition) is 1. The summed E-state index contributed by atoms with van der Waals surface area (Å²) in [7, 11) is 3.55. The maximum atomic E-state index is 10.9. The highest BCUT2D eigenvalue weighted by Crippen LogP contribution is 2.22. The van der Waals surface area contributed by atoms with Crippen molar-refractivity contribution in [3.05, 3.63) is 30.1 Å². The highest BCUT2D eigenvalue weighted by atomic mass is 16.5. The molecule has 0 fully saturated rings. The molecule has 1 aromatic carbocycles. The van der Waals surface area contributed by atoms with Gasteiger partial charge in [-0.15, -0.1) is 0 Å². The highest BCUT2D eigenvalue weighted by molar-refractivity contribution is 5.96. The van der Waals surface area contributed by atoms with E-state index in [0.717, 1.165) is 11.2 Å². The first-order chi connectivity index (χ1) is 9.13. The number of carboxylic acids is 1. The number of ether oxygens (including phenoxy) is 1. The molecular formula is C13H15N3O3. The minimum absolute atomic E-state index is 0.219. The molecule has 0 aliphatic carbocycles. The molecule has 0 bridgehead atoms. The lowest BCUT2D eigenvalue weighted by Crippen LogP contribution is -2.23. The summed E-state index contributed by atoms with van der Waals surface area (Å²) in [4.78, 5) is 21.2. The normalized spacial score (nSPS) is 10.6. The zero-order chi connectivity index (χ0) is 13.8. The summed E-state index contributed by atoms with van der Waals surface area (Å²) in [5, 5.41) is 9.79. The standard InChI is InChI=1S/C13H15N3O3/c1-16(5-6-19-2)12-10-4-3-9(13(17)18)7-11(10)14-8-15-12/h3-4,7-8H,5-6H2,1-2H3,(H,17,18). The third-order valence-corrected chi connectivity index (χ3v) is 2.85. The van der Waals surface area contributed by atoms with Crippen LogP contribution in [-0.2, 0) is 4.74 Å². The maximum Gasteiger partial charge on any atom is 0.335 e. The minimum atomic E-state index is -0.963. The molecule has 6 heteroatoms. The van der Waals surface area contributed by atoms with E-state index >= 15 is 0 Å². The predicted octanol–water partition coefficient (Wildman–Crippen LogP) is 1.41. The first kappa shape index (κ1) is 13.2. The van der Waals surface area contributed by atoms with Crippen LogP contribution >= 0.6 is 0 Å². The van der Waals surface area contributed by atoms with E-state index in [1.165, 1.54) is 6.33 Å². The van der Waals surface area contributed by atoms with E-state index in [1.807, 2.05) is 11.9 Å². The van der Waals surface area contributed by atoms with Crippen LogP contribution in [0.5, 0.6) is 0 Å². The molecule has 0 saturated carbocycles. The van der Waals surface area contributed by atoms with Crippen molar-refractivity contribution in [1.29, 1.82) is 0 Å². The van der Waals surface area contributed by atoms with Gasteiger partial charge in [0.15, 0.2) is 0 Å². The Morgan fingerprint density at radius 1 is 1.42 bits per heavy atom. The number of benzene rings is 1. The van der Waals surface area contributed by atoms with Crippen molar-refractivity contribution >= 4 is 22.7 Å². The van der Waals surface area contributed by atoms with E-state index in [9.17, 15) is 4.79 Å². The van der Waals surface area contributed by atoms with Crippen LogP contribution in [0.25, 0.3) is 10.9 Å². The third kappa shape index (κ3) is 2.79. The second-order valence-electron chi connectivity index (χ2n) is 4.15. The quantitative estimate of drug-likeness (QED) is 0.877. The Morgan fingerprint density at radius 3 is 2.89 bits per heavy atom. The van der Waals surface area contributed by atoms with E-state index in [-0.39, 0.29) is 5.56 Å². The third-order valence-electron chi connectivity index (χ3n) is 2.85. The van der Waals surface area contributed by atoms with Crippen molar-refractivity contribution in [2.24, 2.45) is 0 Å². The number of methoxy groups -OCH3 is 1. The van der Waals surface area contributed by atoms with Gasteiger partial charge in [-0.3, -0.25) is 0 Å². The molecular weight excluding hydrogens is 246 g/mol. The van der Waals surface area contributed by atoms with Crippen LogP contribution in [0.4, 0.5) is 5.82 Å². The Kier molecular flexibility index (Phi) is 3.91. The Morgan fingerprint density at radius 2 is 2.21 bits per heavy atom. The van der Waals surface area contributed by atoms with E-state index in [0.29, 0.717) is 18.7 Å². The number of fused-ring (bicyclic) bond motifs is 1. The number of nitrogens with zero attached hydrogens (tertiary/aromatic N) is 3. The monoisotopic (exact) mass is 261 g/mol. The van der Waals surface area contributed by atoms with Gasteiger partial charge in [-0.2, -0.15) is 0 Å². The fourth-order valence-electron chi connectivity index (χ4n) is 1.81. The number of aromatic carboxylic acids is 1. The van der Waals surface area contributed by atoms with Gasteiger partial charge in [0.1, 0.15) is 12.1 Å². The first-order valence-electron chi connectivity index (χ1n) is 5.81. The van der Waals surface area contributed by atoms with Crippen molar-refractivity contribution in [2.75, 3.05) is 32.2 Å². The topological polar surface area (TPSA) is 75.5 Å². The number of aromatic nitrogens is 2. The smallest absolute Gasteiger partial charge is 0.335 e. The lowest BCUT2D eigenvalue weighted by atomic mass is 10.1. The lowest BCUT2D eigenvalue weighted by molar-refractivity contribution is 0.0697.